The third kappa shape index (κ3) is 5.52. The van der Waals surface area contributed by atoms with Crippen molar-refractivity contribution in [3.63, 3.8) is 0 Å². The molecule has 1 aliphatic heterocycles. The van der Waals surface area contributed by atoms with Crippen LogP contribution in [0.4, 0.5) is 11.4 Å². The molecule has 0 spiro atoms. The van der Waals surface area contributed by atoms with Gasteiger partial charge in [-0.3, -0.25) is 19.3 Å². The molecule has 37 heavy (non-hydrogen) atoms. The second kappa shape index (κ2) is 11.1. The Hall–Kier alpha value is -4.48. The lowest BCUT2D eigenvalue weighted by Gasteiger charge is -2.31. The standard InChI is InChI=1S/C29H29N5O3/c1-19-4-8-21(9-5-19)26-17-27(35)32-24-16-23(28(36)33(3)15-14-31-2)12-13-25(24)34(26)29(37)22-10-6-20(18-30)7-11-22/h4-13,16,26,31H,14-15,17H2,1-3H3,(H,32,35). The summed E-state index contributed by atoms with van der Waals surface area (Å²) in [5.74, 6) is -0.746. The van der Waals surface area contributed by atoms with Gasteiger partial charge < -0.3 is 15.5 Å². The number of anilines is 2. The molecule has 0 radical (unpaired) electrons. The monoisotopic (exact) mass is 495 g/mol. The van der Waals surface area contributed by atoms with Crippen molar-refractivity contribution in [1.29, 1.82) is 5.26 Å². The fraction of sp³-hybridized carbons (Fsp3) is 0.241. The number of amides is 3. The van der Waals surface area contributed by atoms with Crippen molar-refractivity contribution in [3.8, 4) is 6.07 Å². The Bertz CT molecular complexity index is 1360. The van der Waals surface area contributed by atoms with E-state index >= 15 is 0 Å². The van der Waals surface area contributed by atoms with E-state index in [1.54, 1.807) is 59.3 Å². The van der Waals surface area contributed by atoms with Crippen LogP contribution in [-0.2, 0) is 4.79 Å². The normalized spacial score (nSPS) is 14.7. The Morgan fingerprint density at radius 3 is 2.41 bits per heavy atom. The van der Waals surface area contributed by atoms with Crippen LogP contribution in [0.3, 0.4) is 0 Å². The predicted molar refractivity (Wildman–Crippen MR) is 142 cm³/mol. The van der Waals surface area contributed by atoms with Gasteiger partial charge in [0.25, 0.3) is 11.8 Å². The van der Waals surface area contributed by atoms with Crippen molar-refractivity contribution in [3.05, 3.63) is 94.5 Å². The first-order valence-electron chi connectivity index (χ1n) is 12.1. The Kier molecular flexibility index (Phi) is 7.66. The summed E-state index contributed by atoms with van der Waals surface area (Å²) in [6.45, 7) is 3.15. The van der Waals surface area contributed by atoms with Gasteiger partial charge in [-0.15, -0.1) is 0 Å². The first-order valence-corrected chi connectivity index (χ1v) is 12.1. The zero-order valence-corrected chi connectivity index (χ0v) is 21.1. The first kappa shape index (κ1) is 25.6. The molecule has 0 aliphatic carbocycles. The van der Waals surface area contributed by atoms with Gasteiger partial charge >= 0.3 is 0 Å². The molecule has 188 valence electrons. The molecule has 0 fully saturated rings. The second-order valence-electron chi connectivity index (χ2n) is 9.11. The maximum absolute atomic E-state index is 13.9. The van der Waals surface area contributed by atoms with E-state index in [-0.39, 0.29) is 24.1 Å². The van der Waals surface area contributed by atoms with E-state index in [1.807, 2.05) is 38.2 Å². The van der Waals surface area contributed by atoms with Crippen molar-refractivity contribution in [2.45, 2.75) is 19.4 Å². The van der Waals surface area contributed by atoms with Gasteiger partial charge in [-0.05, 0) is 62.0 Å². The predicted octanol–water partition coefficient (Wildman–Crippen LogP) is 3.89. The molecule has 0 saturated carbocycles. The minimum Gasteiger partial charge on any atom is -0.340 e. The number of carbonyl (C=O) groups excluding carboxylic acids is 3. The highest BCUT2D eigenvalue weighted by Gasteiger charge is 2.34. The highest BCUT2D eigenvalue weighted by atomic mass is 16.2. The molecule has 3 amide bonds. The number of carbonyl (C=O) groups is 3. The number of likely N-dealkylation sites (N-methyl/N-ethyl adjacent to an activating group) is 2. The molecular weight excluding hydrogens is 466 g/mol. The van der Waals surface area contributed by atoms with Gasteiger partial charge in [0.1, 0.15) is 0 Å². The largest absolute Gasteiger partial charge is 0.340 e. The number of hydrogen-bond donors (Lipinski definition) is 2. The minimum atomic E-state index is -0.565. The van der Waals surface area contributed by atoms with Crippen LogP contribution < -0.4 is 15.5 Å². The van der Waals surface area contributed by atoms with Crippen molar-refractivity contribution < 1.29 is 14.4 Å². The summed E-state index contributed by atoms with van der Waals surface area (Å²) in [7, 11) is 3.54. The molecule has 8 nitrogen and oxygen atoms in total. The Labute approximate surface area is 216 Å². The second-order valence-corrected chi connectivity index (χ2v) is 9.11. The Morgan fingerprint density at radius 2 is 1.76 bits per heavy atom. The molecule has 1 aliphatic rings. The Morgan fingerprint density at radius 1 is 1.08 bits per heavy atom. The van der Waals surface area contributed by atoms with Crippen LogP contribution in [0.2, 0.25) is 0 Å². The molecule has 1 heterocycles. The van der Waals surface area contributed by atoms with Gasteiger partial charge in [0.05, 0.1) is 35.5 Å². The van der Waals surface area contributed by atoms with E-state index in [0.29, 0.717) is 41.2 Å². The van der Waals surface area contributed by atoms with Gasteiger partial charge in [-0.1, -0.05) is 29.8 Å². The number of rotatable bonds is 6. The molecule has 1 unspecified atom stereocenters. The summed E-state index contributed by atoms with van der Waals surface area (Å²) in [4.78, 5) is 43.2. The van der Waals surface area contributed by atoms with E-state index in [9.17, 15) is 14.4 Å². The van der Waals surface area contributed by atoms with Crippen molar-refractivity contribution in [2.75, 3.05) is 37.4 Å². The number of fused-ring (bicyclic) bond motifs is 1. The van der Waals surface area contributed by atoms with E-state index in [0.717, 1.165) is 11.1 Å². The van der Waals surface area contributed by atoms with Gasteiger partial charge in [0.2, 0.25) is 5.91 Å². The molecule has 0 aromatic heterocycles. The topological polar surface area (TPSA) is 106 Å². The Balaban J connectivity index is 1.81. The van der Waals surface area contributed by atoms with E-state index in [4.69, 9.17) is 5.26 Å². The summed E-state index contributed by atoms with van der Waals surface area (Å²) in [6, 6.07) is 20.7. The lowest BCUT2D eigenvalue weighted by atomic mass is 9.98. The summed E-state index contributed by atoms with van der Waals surface area (Å²) in [5, 5.41) is 15.1. The zero-order chi connectivity index (χ0) is 26.5. The van der Waals surface area contributed by atoms with E-state index < -0.39 is 6.04 Å². The van der Waals surface area contributed by atoms with Crippen LogP contribution in [0.25, 0.3) is 0 Å². The quantitative estimate of drug-likeness (QED) is 0.540. The maximum Gasteiger partial charge on any atom is 0.258 e. The number of nitrogens with zero attached hydrogens (tertiary/aromatic N) is 3. The highest BCUT2D eigenvalue weighted by Crippen LogP contribution is 2.40. The molecule has 2 N–H and O–H groups in total. The van der Waals surface area contributed by atoms with Gasteiger partial charge in [0.15, 0.2) is 0 Å². The summed E-state index contributed by atoms with van der Waals surface area (Å²) in [6.07, 6.45) is 0.0467. The van der Waals surface area contributed by atoms with Crippen molar-refractivity contribution in [2.24, 2.45) is 0 Å². The molecule has 1 atom stereocenters. The smallest absolute Gasteiger partial charge is 0.258 e. The number of aryl methyl sites for hydroxylation is 1. The molecule has 0 saturated heterocycles. The number of nitrogens with one attached hydrogen (secondary N) is 2. The maximum atomic E-state index is 13.9. The van der Waals surface area contributed by atoms with Crippen LogP contribution in [0.5, 0.6) is 0 Å². The summed E-state index contributed by atoms with van der Waals surface area (Å²) >= 11 is 0. The number of hydrogen-bond acceptors (Lipinski definition) is 5. The van der Waals surface area contributed by atoms with Crippen LogP contribution in [0.1, 0.15) is 49.9 Å². The van der Waals surface area contributed by atoms with Crippen molar-refractivity contribution in [1.82, 2.24) is 10.2 Å². The first-order chi connectivity index (χ1) is 17.8. The zero-order valence-electron chi connectivity index (χ0n) is 21.1. The molecule has 3 aromatic carbocycles. The van der Waals surface area contributed by atoms with Crippen LogP contribution >= 0.6 is 0 Å². The average molecular weight is 496 g/mol. The highest BCUT2D eigenvalue weighted by molar-refractivity contribution is 6.12. The fourth-order valence-corrected chi connectivity index (χ4v) is 4.35. The summed E-state index contributed by atoms with van der Waals surface area (Å²) < 4.78 is 0. The third-order valence-corrected chi connectivity index (χ3v) is 6.45. The van der Waals surface area contributed by atoms with Crippen LogP contribution in [0, 0.1) is 18.3 Å². The lowest BCUT2D eigenvalue weighted by Crippen LogP contribution is -2.35. The fourth-order valence-electron chi connectivity index (χ4n) is 4.35. The van der Waals surface area contributed by atoms with Crippen LogP contribution in [0.15, 0.2) is 66.7 Å². The average Bonchev–Trinajstić information content (AvgIpc) is 3.06. The molecular formula is C29H29N5O3. The summed E-state index contributed by atoms with van der Waals surface area (Å²) in [5.41, 5.74) is 4.04. The molecule has 3 aromatic rings. The van der Waals surface area contributed by atoms with E-state index in [1.165, 1.54) is 0 Å². The molecule has 0 bridgehead atoms. The third-order valence-electron chi connectivity index (χ3n) is 6.45. The van der Waals surface area contributed by atoms with Crippen LogP contribution in [-0.4, -0.2) is 49.8 Å². The minimum absolute atomic E-state index is 0.0467. The van der Waals surface area contributed by atoms with Crippen molar-refractivity contribution >= 4 is 29.1 Å². The van der Waals surface area contributed by atoms with Gasteiger partial charge in [-0.2, -0.15) is 5.26 Å². The van der Waals surface area contributed by atoms with E-state index in [2.05, 4.69) is 16.7 Å². The van der Waals surface area contributed by atoms with Gasteiger partial charge in [0, 0.05) is 31.3 Å². The SMILES string of the molecule is CNCCN(C)C(=O)c1ccc2c(c1)NC(=O)CC(c1ccc(C)cc1)N2C(=O)c1ccc(C#N)cc1. The van der Waals surface area contributed by atoms with Gasteiger partial charge in [-0.25, -0.2) is 0 Å². The molecule has 8 heteroatoms. The molecule has 4 rings (SSSR count). The number of benzene rings is 3. The lowest BCUT2D eigenvalue weighted by molar-refractivity contribution is -0.116. The number of nitriles is 1.